The Morgan fingerprint density at radius 1 is 1.33 bits per heavy atom. The van der Waals surface area contributed by atoms with Gasteiger partial charge in [0.1, 0.15) is 0 Å². The van der Waals surface area contributed by atoms with Gasteiger partial charge in [0.15, 0.2) is 0 Å². The molecule has 3 rings (SSSR count). The van der Waals surface area contributed by atoms with E-state index in [1.807, 2.05) is 17.7 Å². The molecule has 1 saturated carbocycles. The molecule has 1 aliphatic carbocycles. The lowest BCUT2D eigenvalue weighted by molar-refractivity contribution is 0.695. The van der Waals surface area contributed by atoms with Crippen molar-refractivity contribution in [3.05, 3.63) is 39.6 Å². The molecule has 0 bridgehead atoms. The first-order chi connectivity index (χ1) is 8.72. The van der Waals surface area contributed by atoms with Gasteiger partial charge in [0, 0.05) is 28.0 Å². The number of rotatable bonds is 5. The standard InChI is InChI=1S/C14H19N3S/c1-10-11(2)17(9-16-10)8-14-6-5-13(18-14)7-15-12-3-4-12/h5-6,9,12,15H,3-4,7-8H2,1-2H3. The number of thiophene rings is 1. The summed E-state index contributed by atoms with van der Waals surface area (Å²) in [5, 5.41) is 3.56. The van der Waals surface area contributed by atoms with Crippen molar-refractivity contribution < 1.29 is 0 Å². The summed E-state index contributed by atoms with van der Waals surface area (Å²) in [6.07, 6.45) is 4.64. The van der Waals surface area contributed by atoms with Crippen LogP contribution < -0.4 is 5.32 Å². The lowest BCUT2D eigenvalue weighted by atomic mass is 10.3. The first-order valence-corrected chi connectivity index (χ1v) is 7.33. The van der Waals surface area contributed by atoms with Gasteiger partial charge in [-0.3, -0.25) is 0 Å². The maximum Gasteiger partial charge on any atom is 0.0954 e. The van der Waals surface area contributed by atoms with Crippen LogP contribution in [0.3, 0.4) is 0 Å². The molecule has 96 valence electrons. The van der Waals surface area contributed by atoms with Gasteiger partial charge in [0.2, 0.25) is 0 Å². The van der Waals surface area contributed by atoms with Crippen molar-refractivity contribution in [3.8, 4) is 0 Å². The van der Waals surface area contributed by atoms with Gasteiger partial charge < -0.3 is 9.88 Å². The normalized spacial score (nSPS) is 15.2. The lowest BCUT2D eigenvalue weighted by Gasteiger charge is -2.03. The molecule has 1 N–H and O–H groups in total. The van der Waals surface area contributed by atoms with E-state index >= 15 is 0 Å². The molecular formula is C14H19N3S. The highest BCUT2D eigenvalue weighted by Gasteiger charge is 2.20. The second-order valence-electron chi connectivity index (χ2n) is 5.07. The van der Waals surface area contributed by atoms with Crippen molar-refractivity contribution in [1.29, 1.82) is 0 Å². The molecule has 3 nitrogen and oxygen atoms in total. The van der Waals surface area contributed by atoms with E-state index in [0.29, 0.717) is 0 Å². The lowest BCUT2D eigenvalue weighted by Crippen LogP contribution is -2.14. The summed E-state index contributed by atoms with van der Waals surface area (Å²) in [5.74, 6) is 0. The van der Waals surface area contributed by atoms with E-state index in [0.717, 1.165) is 24.8 Å². The Labute approximate surface area is 112 Å². The highest BCUT2D eigenvalue weighted by molar-refractivity contribution is 7.11. The third-order valence-corrected chi connectivity index (χ3v) is 4.60. The summed E-state index contributed by atoms with van der Waals surface area (Å²) in [6, 6.07) is 5.27. The van der Waals surface area contributed by atoms with Crippen LogP contribution in [0.5, 0.6) is 0 Å². The van der Waals surface area contributed by atoms with Crippen LogP contribution in [0.1, 0.15) is 34.0 Å². The monoisotopic (exact) mass is 261 g/mol. The Morgan fingerprint density at radius 3 is 2.78 bits per heavy atom. The van der Waals surface area contributed by atoms with Crippen LogP contribution in [0, 0.1) is 13.8 Å². The second kappa shape index (κ2) is 4.86. The maximum absolute atomic E-state index is 4.34. The number of nitrogens with zero attached hydrogens (tertiary/aromatic N) is 2. The molecule has 1 fully saturated rings. The maximum atomic E-state index is 4.34. The third kappa shape index (κ3) is 2.65. The molecule has 0 radical (unpaired) electrons. The fraction of sp³-hybridized carbons (Fsp3) is 0.500. The molecule has 4 heteroatoms. The van der Waals surface area contributed by atoms with Gasteiger partial charge in [0.25, 0.3) is 0 Å². The number of aryl methyl sites for hydroxylation is 1. The molecule has 2 heterocycles. The molecule has 0 unspecified atom stereocenters. The van der Waals surface area contributed by atoms with Crippen molar-refractivity contribution in [2.45, 2.75) is 45.8 Å². The Hall–Kier alpha value is -1.13. The summed E-state index contributed by atoms with van der Waals surface area (Å²) in [5.41, 5.74) is 2.39. The van der Waals surface area contributed by atoms with Crippen LogP contribution in [0.15, 0.2) is 18.5 Å². The average molecular weight is 261 g/mol. The van der Waals surface area contributed by atoms with E-state index in [1.54, 1.807) is 0 Å². The van der Waals surface area contributed by atoms with Gasteiger partial charge in [-0.05, 0) is 38.8 Å². The van der Waals surface area contributed by atoms with Crippen LogP contribution in [0.2, 0.25) is 0 Å². The fourth-order valence-electron chi connectivity index (χ4n) is 2.01. The van der Waals surface area contributed by atoms with Crippen molar-refractivity contribution in [1.82, 2.24) is 14.9 Å². The molecule has 1 aliphatic rings. The van der Waals surface area contributed by atoms with Crippen molar-refractivity contribution in [2.24, 2.45) is 0 Å². The predicted molar refractivity (Wildman–Crippen MR) is 75.0 cm³/mol. The van der Waals surface area contributed by atoms with E-state index in [9.17, 15) is 0 Å². The zero-order valence-electron chi connectivity index (χ0n) is 10.9. The summed E-state index contributed by atoms with van der Waals surface area (Å²) in [6.45, 7) is 6.16. The average Bonchev–Trinajstić information content (AvgIpc) is 3.02. The summed E-state index contributed by atoms with van der Waals surface area (Å²) >= 11 is 1.90. The minimum atomic E-state index is 0.786. The van der Waals surface area contributed by atoms with E-state index in [1.165, 1.54) is 28.3 Å². The van der Waals surface area contributed by atoms with Gasteiger partial charge in [-0.15, -0.1) is 11.3 Å². The number of aromatic nitrogens is 2. The van der Waals surface area contributed by atoms with Crippen molar-refractivity contribution in [3.63, 3.8) is 0 Å². The van der Waals surface area contributed by atoms with E-state index in [4.69, 9.17) is 0 Å². The second-order valence-corrected chi connectivity index (χ2v) is 6.32. The van der Waals surface area contributed by atoms with Crippen molar-refractivity contribution >= 4 is 11.3 Å². The Bertz CT molecular complexity index is 537. The Morgan fingerprint density at radius 2 is 2.11 bits per heavy atom. The van der Waals surface area contributed by atoms with E-state index in [2.05, 4.69) is 40.8 Å². The van der Waals surface area contributed by atoms with Crippen LogP contribution in [-0.4, -0.2) is 15.6 Å². The zero-order valence-corrected chi connectivity index (χ0v) is 11.8. The summed E-state index contributed by atoms with van der Waals surface area (Å²) in [4.78, 5) is 7.18. The highest BCUT2D eigenvalue weighted by atomic mass is 32.1. The number of imidazole rings is 1. The van der Waals surface area contributed by atoms with Gasteiger partial charge in [-0.25, -0.2) is 4.98 Å². The summed E-state index contributed by atoms with van der Waals surface area (Å²) in [7, 11) is 0. The van der Waals surface area contributed by atoms with Gasteiger partial charge in [-0.1, -0.05) is 0 Å². The topological polar surface area (TPSA) is 29.9 Å². The van der Waals surface area contributed by atoms with Crippen LogP contribution in [-0.2, 0) is 13.1 Å². The molecule has 18 heavy (non-hydrogen) atoms. The van der Waals surface area contributed by atoms with Crippen molar-refractivity contribution in [2.75, 3.05) is 0 Å². The van der Waals surface area contributed by atoms with Crippen LogP contribution in [0.25, 0.3) is 0 Å². The fourth-order valence-corrected chi connectivity index (χ4v) is 2.97. The molecule has 2 aromatic rings. The molecule has 0 spiro atoms. The molecule has 2 aromatic heterocycles. The Kier molecular flexibility index (Phi) is 3.22. The number of nitrogens with one attached hydrogen (secondary N) is 1. The summed E-state index contributed by atoms with van der Waals surface area (Å²) < 4.78 is 2.22. The quantitative estimate of drug-likeness (QED) is 0.897. The predicted octanol–water partition coefficient (Wildman–Crippen LogP) is 2.86. The minimum absolute atomic E-state index is 0.786. The van der Waals surface area contributed by atoms with E-state index in [-0.39, 0.29) is 0 Å². The van der Waals surface area contributed by atoms with Crippen LogP contribution >= 0.6 is 11.3 Å². The zero-order chi connectivity index (χ0) is 12.5. The van der Waals surface area contributed by atoms with Gasteiger partial charge in [-0.2, -0.15) is 0 Å². The molecule has 0 aliphatic heterocycles. The Balaban J connectivity index is 1.63. The number of hydrogen-bond donors (Lipinski definition) is 1. The minimum Gasteiger partial charge on any atom is -0.329 e. The van der Waals surface area contributed by atoms with Gasteiger partial charge >= 0.3 is 0 Å². The van der Waals surface area contributed by atoms with Gasteiger partial charge in [0.05, 0.1) is 18.6 Å². The molecule has 0 saturated heterocycles. The van der Waals surface area contributed by atoms with Crippen LogP contribution in [0.4, 0.5) is 0 Å². The molecule has 0 atom stereocenters. The molecule has 0 aromatic carbocycles. The largest absolute Gasteiger partial charge is 0.329 e. The smallest absolute Gasteiger partial charge is 0.0954 e. The highest BCUT2D eigenvalue weighted by Crippen LogP contribution is 2.22. The van der Waals surface area contributed by atoms with E-state index < -0.39 is 0 Å². The first-order valence-electron chi connectivity index (χ1n) is 6.51. The third-order valence-electron chi connectivity index (χ3n) is 3.53. The first kappa shape index (κ1) is 11.9. The number of hydrogen-bond acceptors (Lipinski definition) is 3. The molecule has 0 amide bonds. The molecular weight excluding hydrogens is 242 g/mol. The SMILES string of the molecule is Cc1ncn(Cc2ccc(CNC3CC3)s2)c1C.